The number of hydrogen-bond donors (Lipinski definition) is 10. The number of likely N-dealkylation sites (tertiary alicyclic amines) is 1. The molecule has 3 rings (SSSR count). The molecule has 1 aliphatic rings. The first kappa shape index (κ1) is 37.4. The number of carbonyl (C=O) groups is 7. The lowest BCUT2D eigenvalue weighted by atomic mass is 10.0. The molecule has 1 fully saturated rings. The lowest BCUT2D eigenvalue weighted by Gasteiger charge is -2.28. The van der Waals surface area contributed by atoms with E-state index in [1.54, 1.807) is 30.5 Å². The van der Waals surface area contributed by atoms with Crippen LogP contribution in [0.1, 0.15) is 38.7 Å². The summed E-state index contributed by atoms with van der Waals surface area (Å²) in [4.78, 5) is 92.4. The van der Waals surface area contributed by atoms with Gasteiger partial charge in [0, 0.05) is 30.1 Å². The summed E-state index contributed by atoms with van der Waals surface area (Å²) in [6, 6.07) is -1.43. The van der Waals surface area contributed by atoms with Gasteiger partial charge in [0.1, 0.15) is 36.3 Å². The molecule has 1 aromatic heterocycles. The van der Waals surface area contributed by atoms with Crippen molar-refractivity contribution in [1.29, 1.82) is 0 Å². The van der Waals surface area contributed by atoms with Crippen molar-refractivity contribution in [2.45, 2.75) is 81.9 Å². The molecule has 11 N–H and O–H groups in total. The minimum absolute atomic E-state index is 0.0591. The molecular weight excluding hydrogens is 634 g/mol. The molecule has 48 heavy (non-hydrogen) atoms. The van der Waals surface area contributed by atoms with E-state index < -0.39 is 96.9 Å². The van der Waals surface area contributed by atoms with Crippen molar-refractivity contribution in [2.24, 2.45) is 5.73 Å². The molecule has 5 amide bonds. The van der Waals surface area contributed by atoms with Crippen molar-refractivity contribution in [1.82, 2.24) is 31.2 Å². The number of aromatic nitrogens is 1. The Kier molecular flexibility index (Phi) is 13.0. The summed E-state index contributed by atoms with van der Waals surface area (Å²) in [6.07, 6.45) is -0.0777. The summed E-state index contributed by atoms with van der Waals surface area (Å²) in [5.74, 6) is -7.35. The van der Waals surface area contributed by atoms with Gasteiger partial charge < -0.3 is 57.3 Å². The first-order chi connectivity index (χ1) is 22.6. The second kappa shape index (κ2) is 16.7. The van der Waals surface area contributed by atoms with Crippen LogP contribution in [0.25, 0.3) is 10.9 Å². The highest BCUT2D eigenvalue weighted by Crippen LogP contribution is 2.20. The van der Waals surface area contributed by atoms with Crippen molar-refractivity contribution >= 4 is 52.4 Å². The standard InChI is InChI=1S/C30H41N7O11/c1-14(25(42)35-20(11-23(40)41)29(46)37-9-5-8-22(37)30(47)48)33-26(43)19(10-16-12-32-18-7-4-3-6-17(16)18)34-27(44)21(13-38)36-28(45)24(31)15(2)39/h3-4,6-7,12,14-15,19-22,24,32,38-39H,5,8-11,13,31H2,1-2H3,(H,33,43)(H,34,44)(H,35,42)(H,36,45)(H,40,41)(H,47,48)/t14-,15+,19-,20-,21-,22-,24-/m0/s1. The fraction of sp³-hybridized carbons (Fsp3) is 0.500. The Balaban J connectivity index is 1.79. The maximum Gasteiger partial charge on any atom is 0.326 e. The van der Waals surface area contributed by atoms with Gasteiger partial charge in [-0.3, -0.25) is 28.8 Å². The normalized spacial score (nSPS) is 18.1. The summed E-state index contributed by atoms with van der Waals surface area (Å²) < 4.78 is 0. The SMILES string of the molecule is C[C@H](NC(=O)[C@H](Cc1c[nH]c2ccccc12)NC(=O)[C@H](CO)NC(=O)[C@@H](N)[C@@H](C)O)C(=O)N[C@@H](CC(=O)O)C(=O)N1CCC[C@H]1C(=O)O. The average molecular weight is 676 g/mol. The summed E-state index contributed by atoms with van der Waals surface area (Å²) in [7, 11) is 0. The third-order valence-corrected chi connectivity index (χ3v) is 7.94. The predicted octanol–water partition coefficient (Wildman–Crippen LogP) is -3.08. The van der Waals surface area contributed by atoms with E-state index in [-0.39, 0.29) is 19.4 Å². The lowest BCUT2D eigenvalue weighted by molar-refractivity contribution is -0.150. The number of hydrogen-bond acceptors (Lipinski definition) is 10. The van der Waals surface area contributed by atoms with Crippen LogP contribution in [-0.2, 0) is 40.0 Å². The average Bonchev–Trinajstić information content (AvgIpc) is 3.69. The van der Waals surface area contributed by atoms with E-state index in [0.717, 1.165) is 15.8 Å². The number of fused-ring (bicyclic) bond motifs is 1. The highest BCUT2D eigenvalue weighted by Gasteiger charge is 2.39. The van der Waals surface area contributed by atoms with Crippen molar-refractivity contribution in [3.05, 3.63) is 36.0 Å². The number of aliphatic carboxylic acids is 2. The first-order valence-corrected chi connectivity index (χ1v) is 15.2. The van der Waals surface area contributed by atoms with Crippen molar-refractivity contribution in [3.8, 4) is 0 Å². The van der Waals surface area contributed by atoms with Gasteiger partial charge in [-0.05, 0) is 38.3 Å². The third kappa shape index (κ3) is 9.49. The van der Waals surface area contributed by atoms with Gasteiger partial charge in [-0.2, -0.15) is 0 Å². The largest absolute Gasteiger partial charge is 0.481 e. The zero-order valence-corrected chi connectivity index (χ0v) is 26.3. The zero-order chi connectivity index (χ0) is 35.7. The van der Waals surface area contributed by atoms with Gasteiger partial charge in [0.15, 0.2) is 0 Å². The molecule has 0 unspecified atom stereocenters. The smallest absolute Gasteiger partial charge is 0.326 e. The second-order valence-electron chi connectivity index (χ2n) is 11.6. The summed E-state index contributed by atoms with van der Waals surface area (Å²) in [6.45, 7) is 1.69. The van der Waals surface area contributed by atoms with Crippen molar-refractivity contribution < 1.29 is 54.0 Å². The number of nitrogens with one attached hydrogen (secondary N) is 5. The number of carboxylic acids is 2. The van der Waals surface area contributed by atoms with Gasteiger partial charge in [0.05, 0.1) is 19.1 Å². The van der Waals surface area contributed by atoms with Crippen LogP contribution in [0.15, 0.2) is 30.5 Å². The summed E-state index contributed by atoms with van der Waals surface area (Å²) in [5, 5.41) is 48.3. The Labute approximate surface area is 274 Å². The molecule has 1 saturated heterocycles. The number of aromatic amines is 1. The van der Waals surface area contributed by atoms with Gasteiger partial charge >= 0.3 is 11.9 Å². The number of benzene rings is 1. The third-order valence-electron chi connectivity index (χ3n) is 7.94. The number of H-pyrrole nitrogens is 1. The molecule has 1 aliphatic heterocycles. The number of rotatable bonds is 16. The zero-order valence-electron chi connectivity index (χ0n) is 26.3. The van der Waals surface area contributed by atoms with Crippen LogP contribution in [0.2, 0.25) is 0 Å². The van der Waals surface area contributed by atoms with E-state index >= 15 is 0 Å². The summed E-state index contributed by atoms with van der Waals surface area (Å²) >= 11 is 0. The number of carbonyl (C=O) groups excluding carboxylic acids is 5. The summed E-state index contributed by atoms with van der Waals surface area (Å²) in [5.41, 5.74) is 6.94. The Morgan fingerprint density at radius 2 is 1.54 bits per heavy atom. The molecule has 0 bridgehead atoms. The molecule has 18 heteroatoms. The van der Waals surface area contributed by atoms with Crippen LogP contribution in [0.3, 0.4) is 0 Å². The van der Waals surface area contributed by atoms with Gasteiger partial charge in [0.25, 0.3) is 0 Å². The van der Waals surface area contributed by atoms with E-state index in [9.17, 15) is 54.0 Å². The van der Waals surface area contributed by atoms with Gasteiger partial charge in [0.2, 0.25) is 29.5 Å². The van der Waals surface area contributed by atoms with Gasteiger partial charge in [-0.1, -0.05) is 18.2 Å². The van der Waals surface area contributed by atoms with E-state index in [2.05, 4.69) is 26.3 Å². The number of nitrogens with two attached hydrogens (primary N) is 1. The van der Waals surface area contributed by atoms with Gasteiger partial charge in [-0.25, -0.2) is 4.79 Å². The molecule has 2 aromatic rings. The van der Waals surface area contributed by atoms with E-state index in [1.807, 2.05) is 0 Å². The first-order valence-electron chi connectivity index (χ1n) is 15.2. The van der Waals surface area contributed by atoms with Crippen molar-refractivity contribution in [3.63, 3.8) is 0 Å². The number of para-hydroxylation sites is 1. The highest BCUT2D eigenvalue weighted by molar-refractivity contribution is 5.97. The van der Waals surface area contributed by atoms with Crippen LogP contribution in [0.4, 0.5) is 0 Å². The molecule has 0 aliphatic carbocycles. The maximum atomic E-state index is 13.6. The van der Waals surface area contributed by atoms with Crippen LogP contribution in [0.5, 0.6) is 0 Å². The quantitative estimate of drug-likeness (QED) is 0.0848. The number of amides is 5. The molecule has 7 atom stereocenters. The monoisotopic (exact) mass is 675 g/mol. The number of nitrogens with zero attached hydrogens (tertiary/aromatic N) is 1. The molecule has 0 spiro atoms. The number of carboxylic acid groups (broad SMARTS) is 2. The van der Waals surface area contributed by atoms with Crippen molar-refractivity contribution in [2.75, 3.05) is 13.2 Å². The molecule has 0 saturated carbocycles. The van der Waals surface area contributed by atoms with E-state index in [1.165, 1.54) is 13.8 Å². The Morgan fingerprint density at radius 1 is 0.917 bits per heavy atom. The number of aliphatic hydroxyl groups is 2. The van der Waals surface area contributed by atoms with Gasteiger partial charge in [-0.15, -0.1) is 0 Å². The van der Waals surface area contributed by atoms with Crippen LogP contribution < -0.4 is 27.0 Å². The Bertz CT molecular complexity index is 1530. The maximum absolute atomic E-state index is 13.6. The Morgan fingerprint density at radius 3 is 2.17 bits per heavy atom. The molecule has 18 nitrogen and oxygen atoms in total. The minimum atomic E-state index is -1.63. The van der Waals surface area contributed by atoms with E-state index in [4.69, 9.17) is 5.73 Å². The molecular formula is C30H41N7O11. The predicted molar refractivity (Wildman–Crippen MR) is 167 cm³/mol. The molecule has 262 valence electrons. The molecule has 0 radical (unpaired) electrons. The minimum Gasteiger partial charge on any atom is -0.481 e. The lowest BCUT2D eigenvalue weighted by Crippen LogP contribution is -2.60. The molecule has 1 aromatic carbocycles. The fourth-order valence-electron chi connectivity index (χ4n) is 5.22. The van der Waals surface area contributed by atoms with Crippen LogP contribution in [0, 0.1) is 0 Å². The van der Waals surface area contributed by atoms with E-state index in [0.29, 0.717) is 12.0 Å². The van der Waals surface area contributed by atoms with Crippen LogP contribution in [-0.4, -0.2) is 127 Å². The Hall–Kier alpha value is -5.07. The topological polar surface area (TPSA) is 294 Å². The number of aliphatic hydroxyl groups excluding tert-OH is 2. The highest BCUT2D eigenvalue weighted by atomic mass is 16.4. The van der Waals surface area contributed by atoms with Crippen LogP contribution >= 0.6 is 0 Å². The molecule has 2 heterocycles. The second-order valence-corrected chi connectivity index (χ2v) is 11.6. The fourth-order valence-corrected chi connectivity index (χ4v) is 5.22.